The zero-order valence-corrected chi connectivity index (χ0v) is 10.4. The molecule has 0 bridgehead atoms. The second-order valence-electron chi connectivity index (χ2n) is 4.68. The number of hydrogen-bond donors (Lipinski definition) is 1. The minimum atomic E-state index is 0.0295. The highest BCUT2D eigenvalue weighted by Gasteiger charge is 2.21. The van der Waals surface area contributed by atoms with Gasteiger partial charge in [0.2, 0.25) is 0 Å². The molecule has 0 spiro atoms. The van der Waals surface area contributed by atoms with Gasteiger partial charge in [-0.3, -0.25) is 9.89 Å². The van der Waals surface area contributed by atoms with Gasteiger partial charge in [0.1, 0.15) is 0 Å². The highest BCUT2D eigenvalue weighted by Crippen LogP contribution is 2.16. The quantitative estimate of drug-likeness (QED) is 0.859. The maximum Gasteiger partial charge on any atom is 0.257 e. The first kappa shape index (κ1) is 12.1. The molecule has 1 fully saturated rings. The van der Waals surface area contributed by atoms with Gasteiger partial charge in [0, 0.05) is 25.9 Å². The van der Waals surface area contributed by atoms with Crippen molar-refractivity contribution in [3.05, 3.63) is 17.5 Å². The van der Waals surface area contributed by atoms with E-state index in [1.165, 1.54) is 0 Å². The third-order valence-electron chi connectivity index (χ3n) is 3.19. The van der Waals surface area contributed by atoms with E-state index in [4.69, 9.17) is 4.74 Å². The van der Waals surface area contributed by atoms with E-state index in [9.17, 15) is 4.79 Å². The fraction of sp³-hybridized carbons (Fsp3) is 0.667. The van der Waals surface area contributed by atoms with Gasteiger partial charge in [0.15, 0.2) is 0 Å². The van der Waals surface area contributed by atoms with E-state index < -0.39 is 0 Å². The molecule has 5 nitrogen and oxygen atoms in total. The van der Waals surface area contributed by atoms with Gasteiger partial charge in [-0.25, -0.2) is 0 Å². The Hall–Kier alpha value is -1.36. The molecular weight excluding hydrogens is 218 g/mol. The van der Waals surface area contributed by atoms with Gasteiger partial charge in [-0.2, -0.15) is 5.10 Å². The van der Waals surface area contributed by atoms with Crippen LogP contribution in [0.4, 0.5) is 0 Å². The molecule has 1 amide bonds. The second kappa shape index (κ2) is 5.31. The lowest BCUT2D eigenvalue weighted by Gasteiger charge is -2.27. The average molecular weight is 237 g/mol. The molecule has 1 aliphatic heterocycles. The Morgan fingerprint density at radius 2 is 2.53 bits per heavy atom. The first-order valence-electron chi connectivity index (χ1n) is 6.01. The third kappa shape index (κ3) is 2.85. The van der Waals surface area contributed by atoms with Gasteiger partial charge < -0.3 is 9.64 Å². The van der Waals surface area contributed by atoms with Gasteiger partial charge in [0.25, 0.3) is 5.91 Å². The number of nitrogens with zero attached hydrogens (tertiary/aromatic N) is 2. The lowest BCUT2D eigenvalue weighted by Crippen LogP contribution is -2.35. The van der Waals surface area contributed by atoms with Crippen LogP contribution in [-0.2, 0) is 4.74 Å². The van der Waals surface area contributed by atoms with Crippen LogP contribution in [0.2, 0.25) is 0 Å². The van der Waals surface area contributed by atoms with Gasteiger partial charge in [-0.05, 0) is 25.7 Å². The van der Waals surface area contributed by atoms with Gasteiger partial charge in [-0.1, -0.05) is 0 Å². The zero-order valence-electron chi connectivity index (χ0n) is 10.4. The minimum Gasteiger partial charge on any atom is -0.381 e. The fourth-order valence-corrected chi connectivity index (χ4v) is 2.19. The normalized spacial score (nSPS) is 20.2. The summed E-state index contributed by atoms with van der Waals surface area (Å²) in [5.41, 5.74) is 1.48. The number of carbonyl (C=O) groups is 1. The lowest BCUT2D eigenvalue weighted by molar-refractivity contribution is 0.0388. The summed E-state index contributed by atoms with van der Waals surface area (Å²) in [5.74, 6) is 0.492. The molecule has 5 heteroatoms. The summed E-state index contributed by atoms with van der Waals surface area (Å²) in [7, 11) is 1.84. The van der Waals surface area contributed by atoms with Crippen LogP contribution in [0, 0.1) is 12.8 Å². The van der Waals surface area contributed by atoms with Crippen molar-refractivity contribution in [1.29, 1.82) is 0 Å². The first-order valence-corrected chi connectivity index (χ1v) is 6.01. The highest BCUT2D eigenvalue weighted by molar-refractivity contribution is 5.94. The van der Waals surface area contributed by atoms with E-state index in [1.807, 2.05) is 14.0 Å². The standard InChI is InChI=1S/C12H19N3O2/c1-9-11(6-13-14-9)12(16)15(2)7-10-4-3-5-17-8-10/h6,10H,3-5,7-8H2,1-2H3,(H,13,14). The minimum absolute atomic E-state index is 0.0295. The van der Waals surface area contributed by atoms with E-state index in [2.05, 4.69) is 10.2 Å². The summed E-state index contributed by atoms with van der Waals surface area (Å²) in [6.07, 6.45) is 3.82. The summed E-state index contributed by atoms with van der Waals surface area (Å²) >= 11 is 0. The summed E-state index contributed by atoms with van der Waals surface area (Å²) < 4.78 is 5.42. The van der Waals surface area contributed by atoms with Crippen molar-refractivity contribution in [2.24, 2.45) is 5.92 Å². The Morgan fingerprint density at radius 3 is 3.12 bits per heavy atom. The molecule has 1 aromatic rings. The van der Waals surface area contributed by atoms with Gasteiger partial charge >= 0.3 is 0 Å². The van der Waals surface area contributed by atoms with Gasteiger partial charge in [-0.15, -0.1) is 0 Å². The molecule has 1 aromatic heterocycles. The molecule has 1 saturated heterocycles. The molecule has 0 radical (unpaired) electrons. The molecule has 1 atom stereocenters. The molecule has 17 heavy (non-hydrogen) atoms. The topological polar surface area (TPSA) is 58.2 Å². The number of nitrogens with one attached hydrogen (secondary N) is 1. The Kier molecular flexibility index (Phi) is 3.78. The van der Waals surface area contributed by atoms with E-state index >= 15 is 0 Å². The lowest BCUT2D eigenvalue weighted by atomic mass is 10.0. The van der Waals surface area contributed by atoms with Crippen molar-refractivity contribution in [1.82, 2.24) is 15.1 Å². The average Bonchev–Trinajstić information content (AvgIpc) is 2.76. The van der Waals surface area contributed by atoms with Crippen LogP contribution in [0.5, 0.6) is 0 Å². The second-order valence-corrected chi connectivity index (χ2v) is 4.68. The number of carbonyl (C=O) groups excluding carboxylic acids is 1. The van der Waals surface area contributed by atoms with Crippen molar-refractivity contribution in [3.8, 4) is 0 Å². The highest BCUT2D eigenvalue weighted by atomic mass is 16.5. The zero-order chi connectivity index (χ0) is 12.3. The van der Waals surface area contributed by atoms with E-state index in [0.29, 0.717) is 11.5 Å². The van der Waals surface area contributed by atoms with Crippen molar-refractivity contribution in [2.45, 2.75) is 19.8 Å². The Bertz CT molecular complexity index is 383. The van der Waals surface area contributed by atoms with Crippen molar-refractivity contribution in [3.63, 3.8) is 0 Å². The predicted octanol–water partition coefficient (Wildman–Crippen LogP) is 1.22. The van der Waals surface area contributed by atoms with Crippen LogP contribution in [0.15, 0.2) is 6.20 Å². The number of aromatic amines is 1. The molecule has 2 rings (SSSR count). The Balaban J connectivity index is 1.93. The van der Waals surface area contributed by atoms with Crippen LogP contribution >= 0.6 is 0 Å². The van der Waals surface area contributed by atoms with E-state index in [1.54, 1.807) is 11.1 Å². The Labute approximate surface area is 101 Å². The molecule has 94 valence electrons. The summed E-state index contributed by atoms with van der Waals surface area (Å²) in [5, 5.41) is 6.66. The number of aromatic nitrogens is 2. The van der Waals surface area contributed by atoms with E-state index in [-0.39, 0.29) is 5.91 Å². The summed E-state index contributed by atoms with van der Waals surface area (Å²) in [4.78, 5) is 13.9. The number of aryl methyl sites for hydroxylation is 1. The Morgan fingerprint density at radius 1 is 1.71 bits per heavy atom. The maximum absolute atomic E-state index is 12.1. The SMILES string of the molecule is Cc1[nH]ncc1C(=O)N(C)CC1CCCOC1. The van der Waals surface area contributed by atoms with Crippen molar-refractivity contribution >= 4 is 5.91 Å². The number of amides is 1. The first-order chi connectivity index (χ1) is 8.18. The largest absolute Gasteiger partial charge is 0.381 e. The van der Waals surface area contributed by atoms with Crippen LogP contribution in [0.25, 0.3) is 0 Å². The number of rotatable bonds is 3. The molecule has 0 aromatic carbocycles. The fourth-order valence-electron chi connectivity index (χ4n) is 2.19. The molecule has 1 unspecified atom stereocenters. The smallest absolute Gasteiger partial charge is 0.257 e. The molecule has 1 N–H and O–H groups in total. The third-order valence-corrected chi connectivity index (χ3v) is 3.19. The summed E-state index contributed by atoms with van der Waals surface area (Å²) in [6.45, 7) is 4.23. The van der Waals surface area contributed by atoms with Crippen molar-refractivity contribution < 1.29 is 9.53 Å². The molecule has 0 aliphatic carbocycles. The van der Waals surface area contributed by atoms with Crippen LogP contribution in [-0.4, -0.2) is 47.8 Å². The molecule has 2 heterocycles. The molecule has 0 saturated carbocycles. The number of H-pyrrole nitrogens is 1. The molecule has 1 aliphatic rings. The van der Waals surface area contributed by atoms with Gasteiger partial charge in [0.05, 0.1) is 18.4 Å². The van der Waals surface area contributed by atoms with Crippen LogP contribution < -0.4 is 0 Å². The number of hydrogen-bond acceptors (Lipinski definition) is 3. The molecular formula is C12H19N3O2. The summed E-state index contributed by atoms with van der Waals surface area (Å²) in [6, 6.07) is 0. The van der Waals surface area contributed by atoms with E-state index in [0.717, 1.165) is 38.3 Å². The predicted molar refractivity (Wildman–Crippen MR) is 63.8 cm³/mol. The van der Waals surface area contributed by atoms with Crippen LogP contribution in [0.3, 0.4) is 0 Å². The monoisotopic (exact) mass is 237 g/mol. The maximum atomic E-state index is 12.1. The van der Waals surface area contributed by atoms with Crippen molar-refractivity contribution in [2.75, 3.05) is 26.8 Å². The number of ether oxygens (including phenoxy) is 1. The van der Waals surface area contributed by atoms with Crippen LogP contribution in [0.1, 0.15) is 28.9 Å².